The molecule has 0 spiro atoms. The molecule has 226 valence electrons. The number of aliphatic hydroxyl groups is 1. The Morgan fingerprint density at radius 1 is 0.722 bits per heavy atom. The first-order chi connectivity index (χ1) is 16.9. The van der Waals surface area contributed by atoms with Gasteiger partial charge in [-0.15, -0.1) is 0 Å². The zero-order chi connectivity index (χ0) is 29.6. The van der Waals surface area contributed by atoms with Gasteiger partial charge in [-0.2, -0.15) is 8.42 Å². The first-order valence-electron chi connectivity index (χ1n) is 13.4. The molecule has 3 saturated carbocycles. The zero-order valence-electron chi connectivity index (χ0n) is 24.6. The van der Waals surface area contributed by atoms with Crippen molar-refractivity contribution in [2.24, 2.45) is 11.6 Å². The molecule has 0 aliphatic heterocycles. The molecule has 0 amide bonds. The summed E-state index contributed by atoms with van der Waals surface area (Å²) in [5.74, 6) is 5.18. The molecular formula is C24H60ClN3O6S2. The van der Waals surface area contributed by atoms with Gasteiger partial charge in [-0.05, 0) is 45.6 Å². The first kappa shape index (κ1) is 45.9. The molecule has 0 bridgehead atoms. The standard InChI is InChI=1S/C6H12O3S.C5H12N2.C5H10O.3C2H6.CH3ClO2S.CH5N/c1-10(7,8)9-6-4-2-3-5-6;6-7-5-3-1-2-4-5;6-5-3-1-2-4-5;3*1-2;1-5(2,3)4;1-2/h6H,2-5H2,1H3;5,7H,1-4,6H2;5-6H,1-4H2;3*1-2H3;1H3;2H2,1H3. The first-order valence-corrected chi connectivity index (χ1v) is 17.9. The van der Waals surface area contributed by atoms with E-state index in [1.807, 2.05) is 41.5 Å². The predicted molar refractivity (Wildman–Crippen MR) is 157 cm³/mol. The van der Waals surface area contributed by atoms with Crippen LogP contribution in [0, 0.1) is 0 Å². The molecule has 3 rings (SSSR count). The highest BCUT2D eigenvalue weighted by Crippen LogP contribution is 2.22. The lowest BCUT2D eigenvalue weighted by Gasteiger charge is -2.06. The summed E-state index contributed by atoms with van der Waals surface area (Å²) in [6.45, 7) is 12.0. The minimum atomic E-state index is -3.21. The van der Waals surface area contributed by atoms with Gasteiger partial charge in [-0.3, -0.25) is 15.5 Å². The van der Waals surface area contributed by atoms with Crippen LogP contribution in [-0.4, -0.2) is 59.8 Å². The van der Waals surface area contributed by atoms with E-state index in [0.29, 0.717) is 6.04 Å². The number of hydrogen-bond acceptors (Lipinski definition) is 9. The second-order valence-corrected chi connectivity index (χ2v) is 12.1. The Balaban J connectivity index is -0.000000111. The molecule has 0 aromatic rings. The topological polar surface area (TPSA) is 162 Å². The Bertz CT molecular complexity index is 583. The highest BCUT2D eigenvalue weighted by Gasteiger charge is 2.19. The summed E-state index contributed by atoms with van der Waals surface area (Å²) in [5.41, 5.74) is 7.26. The summed E-state index contributed by atoms with van der Waals surface area (Å²) in [6, 6.07) is 0.625. The van der Waals surface area contributed by atoms with Crippen molar-refractivity contribution in [2.75, 3.05) is 19.6 Å². The molecule has 3 fully saturated rings. The molecule has 3 aliphatic carbocycles. The van der Waals surface area contributed by atoms with Crippen molar-refractivity contribution in [3.8, 4) is 0 Å². The Kier molecular flexibility index (Phi) is 42.1. The monoisotopic (exact) mass is 585 g/mol. The summed E-state index contributed by atoms with van der Waals surface area (Å²) >= 11 is 0. The minimum Gasteiger partial charge on any atom is -0.393 e. The van der Waals surface area contributed by atoms with Crippen LogP contribution in [0.1, 0.15) is 119 Å². The van der Waals surface area contributed by atoms with Crippen molar-refractivity contribution in [2.45, 2.75) is 137 Å². The number of hydrazine groups is 1. The second kappa shape index (κ2) is 33.0. The fraction of sp³-hybridized carbons (Fsp3) is 1.00. The van der Waals surface area contributed by atoms with Crippen LogP contribution in [-0.2, 0) is 23.4 Å². The molecule has 0 saturated heterocycles. The van der Waals surface area contributed by atoms with E-state index in [9.17, 15) is 16.8 Å². The van der Waals surface area contributed by atoms with Crippen molar-refractivity contribution in [1.29, 1.82) is 0 Å². The maximum absolute atomic E-state index is 10.6. The van der Waals surface area contributed by atoms with E-state index >= 15 is 0 Å². The number of rotatable bonds is 3. The van der Waals surface area contributed by atoms with Crippen molar-refractivity contribution in [3.05, 3.63) is 0 Å². The lowest BCUT2D eigenvalue weighted by Crippen LogP contribution is -2.32. The third-order valence-corrected chi connectivity index (χ3v) is 5.15. The quantitative estimate of drug-likeness (QED) is 0.153. The van der Waals surface area contributed by atoms with Gasteiger partial charge in [0.2, 0.25) is 9.05 Å². The summed E-state index contributed by atoms with van der Waals surface area (Å²) in [5, 5.41) is 8.73. The van der Waals surface area contributed by atoms with Crippen LogP contribution < -0.4 is 17.0 Å². The number of nitrogens with two attached hydrogens (primary N) is 2. The van der Waals surface area contributed by atoms with Crippen molar-refractivity contribution in [1.82, 2.24) is 5.43 Å². The van der Waals surface area contributed by atoms with Gasteiger partial charge >= 0.3 is 0 Å². The van der Waals surface area contributed by atoms with Crippen LogP contribution in [0.5, 0.6) is 0 Å². The number of halogens is 1. The van der Waals surface area contributed by atoms with Gasteiger partial charge in [-0.25, -0.2) is 8.42 Å². The largest absolute Gasteiger partial charge is 0.393 e. The Hall–Kier alpha value is -0.0100. The number of hydrogen-bond donors (Lipinski definition) is 4. The molecule has 0 aromatic heterocycles. The van der Waals surface area contributed by atoms with Crippen molar-refractivity contribution in [3.63, 3.8) is 0 Å². The van der Waals surface area contributed by atoms with Crippen LogP contribution in [0.3, 0.4) is 0 Å². The summed E-state index contributed by atoms with van der Waals surface area (Å²) in [7, 11) is -0.400. The van der Waals surface area contributed by atoms with E-state index in [4.69, 9.17) is 15.1 Å². The Labute approximate surface area is 229 Å². The molecule has 12 heteroatoms. The zero-order valence-corrected chi connectivity index (χ0v) is 26.9. The molecule has 0 aromatic carbocycles. The van der Waals surface area contributed by atoms with Gasteiger partial charge in [0.15, 0.2) is 0 Å². The fourth-order valence-electron chi connectivity index (χ4n) is 3.23. The van der Waals surface area contributed by atoms with E-state index in [1.54, 1.807) is 0 Å². The molecule has 0 radical (unpaired) electrons. The summed E-state index contributed by atoms with van der Waals surface area (Å²) in [4.78, 5) is 0. The van der Waals surface area contributed by atoms with E-state index in [-0.39, 0.29) is 12.2 Å². The smallest absolute Gasteiger partial charge is 0.264 e. The van der Waals surface area contributed by atoms with Gasteiger partial charge in [0.1, 0.15) is 0 Å². The van der Waals surface area contributed by atoms with Crippen molar-refractivity contribution < 1.29 is 26.1 Å². The van der Waals surface area contributed by atoms with Crippen LogP contribution in [0.15, 0.2) is 0 Å². The third-order valence-electron chi connectivity index (χ3n) is 4.53. The summed E-state index contributed by atoms with van der Waals surface area (Å²) in [6.07, 6.45) is 15.8. The lowest BCUT2D eigenvalue weighted by atomic mass is 10.3. The molecule has 0 heterocycles. The average Bonchev–Trinajstić information content (AvgIpc) is 3.63. The molecule has 0 unspecified atom stereocenters. The summed E-state index contributed by atoms with van der Waals surface area (Å²) < 4.78 is 44.7. The van der Waals surface area contributed by atoms with Gasteiger partial charge in [0.25, 0.3) is 10.1 Å². The SMILES string of the molecule is CC.CC.CC.CN.CS(=O)(=O)Cl.CS(=O)(=O)OC1CCCC1.NNC1CCCC1.OC1CCCC1. The van der Waals surface area contributed by atoms with Crippen LogP contribution in [0.25, 0.3) is 0 Å². The van der Waals surface area contributed by atoms with Crippen LogP contribution in [0.2, 0.25) is 0 Å². The maximum atomic E-state index is 10.6. The molecular weight excluding hydrogens is 526 g/mol. The van der Waals surface area contributed by atoms with Crippen LogP contribution in [0.4, 0.5) is 0 Å². The van der Waals surface area contributed by atoms with Crippen molar-refractivity contribution >= 4 is 29.9 Å². The number of aliphatic hydroxyl groups excluding tert-OH is 1. The highest BCUT2D eigenvalue weighted by atomic mass is 35.7. The lowest BCUT2D eigenvalue weighted by molar-refractivity contribution is 0.183. The normalized spacial score (nSPS) is 17.1. The maximum Gasteiger partial charge on any atom is 0.264 e. The minimum absolute atomic E-state index is 0.0324. The Morgan fingerprint density at radius 3 is 1.19 bits per heavy atom. The van der Waals surface area contributed by atoms with E-state index in [1.165, 1.54) is 45.6 Å². The van der Waals surface area contributed by atoms with E-state index in [0.717, 1.165) is 51.0 Å². The highest BCUT2D eigenvalue weighted by molar-refractivity contribution is 8.13. The molecule has 3 aliphatic rings. The molecule has 36 heavy (non-hydrogen) atoms. The third kappa shape index (κ3) is 47.2. The average molecular weight is 586 g/mol. The van der Waals surface area contributed by atoms with Gasteiger partial charge in [-0.1, -0.05) is 80.1 Å². The number of nitrogens with one attached hydrogen (secondary N) is 1. The second-order valence-electron chi connectivity index (χ2n) is 7.47. The van der Waals surface area contributed by atoms with Crippen LogP contribution >= 0.6 is 10.7 Å². The Morgan fingerprint density at radius 2 is 1.00 bits per heavy atom. The molecule has 9 nitrogen and oxygen atoms in total. The van der Waals surface area contributed by atoms with Gasteiger partial charge < -0.3 is 10.8 Å². The van der Waals surface area contributed by atoms with E-state index in [2.05, 4.69) is 21.8 Å². The van der Waals surface area contributed by atoms with Gasteiger partial charge in [0, 0.05) is 16.7 Å². The fourth-order valence-corrected chi connectivity index (χ4v) is 3.92. The predicted octanol–water partition coefficient (Wildman–Crippen LogP) is 5.06. The molecule has 6 N–H and O–H groups in total. The van der Waals surface area contributed by atoms with E-state index < -0.39 is 19.2 Å². The van der Waals surface area contributed by atoms with Gasteiger partial charge in [0.05, 0.1) is 24.7 Å². The molecule has 0 atom stereocenters.